The highest BCUT2D eigenvalue weighted by atomic mass is 79.9. The second-order valence-corrected chi connectivity index (χ2v) is 7.25. The van der Waals surface area contributed by atoms with Crippen LogP contribution in [-0.2, 0) is 0 Å². The van der Waals surface area contributed by atoms with Gasteiger partial charge in [0.25, 0.3) is 0 Å². The van der Waals surface area contributed by atoms with Gasteiger partial charge in [-0.15, -0.1) is 22.7 Å². The lowest BCUT2D eigenvalue weighted by Crippen LogP contribution is -2.28. The van der Waals surface area contributed by atoms with E-state index >= 15 is 0 Å². The van der Waals surface area contributed by atoms with Gasteiger partial charge in [-0.25, -0.2) is 4.98 Å². The van der Waals surface area contributed by atoms with Gasteiger partial charge in [0.05, 0.1) is 6.04 Å². The van der Waals surface area contributed by atoms with E-state index in [4.69, 9.17) is 0 Å². The van der Waals surface area contributed by atoms with E-state index in [1.165, 1.54) is 14.2 Å². The molecule has 2 aromatic heterocycles. The normalized spacial score (nSPS) is 13.2. The van der Waals surface area contributed by atoms with Gasteiger partial charge in [0.2, 0.25) is 0 Å². The van der Waals surface area contributed by atoms with Crippen LogP contribution in [0.3, 0.4) is 0 Å². The van der Waals surface area contributed by atoms with Crippen LogP contribution in [0, 0.1) is 6.92 Å². The number of thiazole rings is 1. The molecule has 0 spiro atoms. The second-order valence-electron chi connectivity index (χ2n) is 4.18. The average molecular weight is 331 g/mol. The Morgan fingerprint density at radius 3 is 2.65 bits per heavy atom. The van der Waals surface area contributed by atoms with E-state index in [0.717, 1.165) is 5.01 Å². The van der Waals surface area contributed by atoms with Crippen LogP contribution in [0.25, 0.3) is 0 Å². The first-order valence-electron chi connectivity index (χ1n) is 5.49. The number of nitrogens with one attached hydrogen (secondary N) is 1. The molecule has 17 heavy (non-hydrogen) atoms. The van der Waals surface area contributed by atoms with Gasteiger partial charge in [-0.2, -0.15) is 0 Å². The summed E-state index contributed by atoms with van der Waals surface area (Å²) in [7, 11) is 0. The minimum Gasteiger partial charge on any atom is -0.301 e. The molecule has 0 fully saturated rings. The first-order chi connectivity index (χ1) is 8.08. The van der Waals surface area contributed by atoms with Crippen LogP contribution in [0.1, 0.15) is 34.7 Å². The van der Waals surface area contributed by atoms with Crippen LogP contribution >= 0.6 is 38.6 Å². The summed E-state index contributed by atoms with van der Waals surface area (Å²) in [4.78, 5) is 7.06. The number of aromatic nitrogens is 1. The van der Waals surface area contributed by atoms with Gasteiger partial charge in [0, 0.05) is 31.8 Å². The summed E-state index contributed by atoms with van der Waals surface area (Å²) in [5.41, 5.74) is 0. The number of hydrogen-bond acceptors (Lipinski definition) is 4. The molecule has 0 saturated carbocycles. The Morgan fingerprint density at radius 1 is 1.41 bits per heavy atom. The van der Waals surface area contributed by atoms with Crippen molar-refractivity contribution in [3.63, 3.8) is 0 Å². The Balaban J connectivity index is 2.33. The zero-order valence-electron chi connectivity index (χ0n) is 10.0. The molecular weight excluding hydrogens is 316 g/mol. The summed E-state index contributed by atoms with van der Waals surface area (Å²) in [6.45, 7) is 6.46. The maximum absolute atomic E-state index is 4.43. The maximum Gasteiger partial charge on any atom is 0.115 e. The number of thiophene rings is 1. The molecule has 0 aliphatic carbocycles. The van der Waals surface area contributed by atoms with Crippen molar-refractivity contribution in [1.29, 1.82) is 0 Å². The van der Waals surface area contributed by atoms with Gasteiger partial charge < -0.3 is 5.32 Å². The van der Waals surface area contributed by atoms with Crippen molar-refractivity contribution in [1.82, 2.24) is 10.3 Å². The molecule has 2 nitrogen and oxygen atoms in total. The number of halogens is 1. The van der Waals surface area contributed by atoms with Gasteiger partial charge in [0.15, 0.2) is 0 Å². The van der Waals surface area contributed by atoms with E-state index in [0.29, 0.717) is 6.04 Å². The fourth-order valence-corrected chi connectivity index (χ4v) is 4.02. The van der Waals surface area contributed by atoms with Crippen molar-refractivity contribution in [2.75, 3.05) is 0 Å². The predicted octanol–water partition coefficient (Wildman–Crippen LogP) is 4.36. The van der Waals surface area contributed by atoms with Crippen molar-refractivity contribution in [3.05, 3.63) is 36.9 Å². The van der Waals surface area contributed by atoms with Gasteiger partial charge in [0.1, 0.15) is 5.01 Å². The van der Waals surface area contributed by atoms with E-state index in [9.17, 15) is 0 Å². The van der Waals surface area contributed by atoms with Crippen LogP contribution < -0.4 is 5.32 Å². The van der Waals surface area contributed by atoms with Crippen LogP contribution in [0.2, 0.25) is 0 Å². The molecule has 2 rings (SSSR count). The van der Waals surface area contributed by atoms with Crippen LogP contribution in [0.4, 0.5) is 0 Å². The van der Waals surface area contributed by atoms with Gasteiger partial charge in [-0.3, -0.25) is 0 Å². The molecule has 0 radical (unpaired) electrons. The topological polar surface area (TPSA) is 24.9 Å². The zero-order valence-corrected chi connectivity index (χ0v) is 13.2. The minimum atomic E-state index is 0.213. The van der Waals surface area contributed by atoms with Gasteiger partial charge in [-0.1, -0.05) is 0 Å². The monoisotopic (exact) mass is 330 g/mol. The van der Waals surface area contributed by atoms with Crippen molar-refractivity contribution < 1.29 is 0 Å². The highest BCUT2D eigenvalue weighted by Gasteiger charge is 2.20. The molecule has 0 saturated heterocycles. The largest absolute Gasteiger partial charge is 0.301 e. The molecule has 5 heteroatoms. The van der Waals surface area contributed by atoms with E-state index < -0.39 is 0 Å². The summed E-state index contributed by atoms with van der Waals surface area (Å²) in [6, 6.07) is 2.84. The molecule has 2 aromatic rings. The molecule has 0 aromatic carbocycles. The zero-order chi connectivity index (χ0) is 12.4. The fourth-order valence-electron chi connectivity index (χ4n) is 1.61. The number of rotatable bonds is 4. The second kappa shape index (κ2) is 5.61. The first-order valence-corrected chi connectivity index (χ1v) is 7.98. The van der Waals surface area contributed by atoms with Crippen molar-refractivity contribution in [2.24, 2.45) is 0 Å². The molecule has 0 amide bonds. The van der Waals surface area contributed by atoms with E-state index in [-0.39, 0.29) is 6.04 Å². The van der Waals surface area contributed by atoms with E-state index in [2.05, 4.69) is 53.1 Å². The molecule has 1 N–H and O–H groups in total. The lowest BCUT2D eigenvalue weighted by atomic mass is 10.2. The Hall–Kier alpha value is -0.230. The summed E-state index contributed by atoms with van der Waals surface area (Å²) < 4.78 is 1.18. The predicted molar refractivity (Wildman–Crippen MR) is 79.0 cm³/mol. The van der Waals surface area contributed by atoms with Crippen LogP contribution in [0.15, 0.2) is 22.1 Å². The molecule has 92 valence electrons. The minimum absolute atomic E-state index is 0.213. The lowest BCUT2D eigenvalue weighted by Gasteiger charge is -2.17. The molecule has 0 bridgehead atoms. The van der Waals surface area contributed by atoms with E-state index in [1.54, 1.807) is 11.3 Å². The molecule has 1 unspecified atom stereocenters. The van der Waals surface area contributed by atoms with Crippen molar-refractivity contribution in [2.45, 2.75) is 32.9 Å². The smallest absolute Gasteiger partial charge is 0.115 e. The Bertz CT molecular complexity index is 457. The number of hydrogen-bond donors (Lipinski definition) is 1. The Kier molecular flexibility index (Phi) is 4.36. The third-order valence-corrected chi connectivity index (χ3v) is 5.40. The third kappa shape index (κ3) is 3.16. The highest BCUT2D eigenvalue weighted by molar-refractivity contribution is 9.10. The summed E-state index contributed by atoms with van der Waals surface area (Å²) in [5.74, 6) is 0. The summed E-state index contributed by atoms with van der Waals surface area (Å²) in [5, 5.41) is 6.74. The standard InChI is InChI=1S/C12H15BrN2S2/c1-7(2)15-11(12-14-4-5-16-12)10-6-9(13)8(3)17-10/h4-7,11,15H,1-3H3. The maximum atomic E-state index is 4.43. The number of aryl methyl sites for hydroxylation is 1. The third-order valence-electron chi connectivity index (χ3n) is 2.36. The first kappa shape index (κ1) is 13.2. The SMILES string of the molecule is Cc1sc(C(NC(C)C)c2nccs2)cc1Br. The van der Waals surface area contributed by atoms with Crippen LogP contribution in [0.5, 0.6) is 0 Å². The molecule has 1 atom stereocenters. The number of nitrogens with zero attached hydrogens (tertiary/aromatic N) is 1. The summed E-state index contributed by atoms with van der Waals surface area (Å²) >= 11 is 7.10. The molecule has 0 aliphatic rings. The molecule has 0 aliphatic heterocycles. The van der Waals surface area contributed by atoms with Crippen LogP contribution in [-0.4, -0.2) is 11.0 Å². The average Bonchev–Trinajstić information content (AvgIpc) is 2.86. The van der Waals surface area contributed by atoms with Gasteiger partial charge >= 0.3 is 0 Å². The summed E-state index contributed by atoms with van der Waals surface area (Å²) in [6.07, 6.45) is 1.87. The van der Waals surface area contributed by atoms with Crippen molar-refractivity contribution >= 4 is 38.6 Å². The molecule has 2 heterocycles. The van der Waals surface area contributed by atoms with Crippen molar-refractivity contribution in [3.8, 4) is 0 Å². The fraction of sp³-hybridized carbons (Fsp3) is 0.417. The van der Waals surface area contributed by atoms with Gasteiger partial charge in [-0.05, 0) is 42.8 Å². The van der Waals surface area contributed by atoms with E-state index in [1.807, 2.05) is 22.9 Å². The Labute approximate surface area is 118 Å². The highest BCUT2D eigenvalue weighted by Crippen LogP contribution is 2.34. The lowest BCUT2D eigenvalue weighted by molar-refractivity contribution is 0.532. The quantitative estimate of drug-likeness (QED) is 0.900. The molecular formula is C12H15BrN2S2. The Morgan fingerprint density at radius 2 is 2.18 bits per heavy atom.